The highest BCUT2D eigenvalue weighted by Gasteiger charge is 2.19. The molecular weight excluding hydrogens is 378 g/mol. The van der Waals surface area contributed by atoms with Crippen LogP contribution in [-0.2, 0) is 6.42 Å². The van der Waals surface area contributed by atoms with Gasteiger partial charge in [-0.1, -0.05) is 0 Å². The van der Waals surface area contributed by atoms with Crippen LogP contribution in [0.25, 0.3) is 21.9 Å². The summed E-state index contributed by atoms with van der Waals surface area (Å²) in [5, 5.41) is 4.68. The lowest BCUT2D eigenvalue weighted by Crippen LogP contribution is -2.45. The van der Waals surface area contributed by atoms with Crippen molar-refractivity contribution in [2.75, 3.05) is 18.6 Å². The molecule has 0 saturated carbocycles. The average Bonchev–Trinajstić information content (AvgIpc) is 3.40. The van der Waals surface area contributed by atoms with Crippen LogP contribution in [0.3, 0.4) is 0 Å². The third-order valence-electron chi connectivity index (χ3n) is 5.34. The van der Waals surface area contributed by atoms with E-state index in [0.717, 1.165) is 41.0 Å². The van der Waals surface area contributed by atoms with Gasteiger partial charge in [-0.25, -0.2) is 9.98 Å². The average molecular weight is 401 g/mol. The standard InChI is InChI=1S/C22H23N7O/c1-30-16-3-5-18-17(11-16)14(12-25-18)6-8-24-22-28-21(23)7-9-29(22)15-2-4-19-20(10-15)27-13-26-19/h2-5,7,9-13,22,24-25H,6,8H2,1H3,(H2,23,28)(H,26,27). The molecule has 30 heavy (non-hydrogen) atoms. The number of benzene rings is 2. The first kappa shape index (κ1) is 18.3. The Bertz CT molecular complexity index is 1250. The van der Waals surface area contributed by atoms with Crippen molar-refractivity contribution in [3.05, 3.63) is 66.8 Å². The van der Waals surface area contributed by atoms with Gasteiger partial charge in [0.15, 0.2) is 6.29 Å². The molecule has 2 aromatic heterocycles. The number of rotatable bonds is 6. The summed E-state index contributed by atoms with van der Waals surface area (Å²) in [4.78, 5) is 17.4. The van der Waals surface area contributed by atoms with Crippen LogP contribution in [0.4, 0.5) is 5.69 Å². The molecule has 5 rings (SSSR count). The molecule has 0 saturated heterocycles. The summed E-state index contributed by atoms with van der Waals surface area (Å²) in [6, 6.07) is 12.1. The lowest BCUT2D eigenvalue weighted by atomic mass is 10.1. The smallest absolute Gasteiger partial charge is 0.182 e. The SMILES string of the molecule is COc1ccc2[nH]cc(CCNC3N=C(N)C=CN3c3ccc4nc[nH]c4c3)c2c1. The molecule has 1 aliphatic rings. The van der Waals surface area contributed by atoms with Crippen LogP contribution in [0.2, 0.25) is 0 Å². The van der Waals surface area contributed by atoms with E-state index in [0.29, 0.717) is 5.84 Å². The first-order valence-electron chi connectivity index (χ1n) is 9.81. The van der Waals surface area contributed by atoms with E-state index in [1.165, 1.54) is 10.9 Å². The monoisotopic (exact) mass is 401 g/mol. The fraction of sp³-hybridized carbons (Fsp3) is 0.182. The van der Waals surface area contributed by atoms with Crippen molar-refractivity contribution in [1.82, 2.24) is 20.3 Å². The van der Waals surface area contributed by atoms with Gasteiger partial charge in [-0.2, -0.15) is 0 Å². The number of H-pyrrole nitrogens is 2. The van der Waals surface area contributed by atoms with E-state index in [1.54, 1.807) is 19.5 Å². The van der Waals surface area contributed by atoms with Gasteiger partial charge in [0.1, 0.15) is 11.6 Å². The fourth-order valence-corrected chi connectivity index (χ4v) is 3.77. The van der Waals surface area contributed by atoms with Crippen molar-refractivity contribution in [2.45, 2.75) is 12.7 Å². The molecular formula is C22H23N7O. The summed E-state index contributed by atoms with van der Waals surface area (Å²) in [7, 11) is 1.68. The number of imidazole rings is 1. The summed E-state index contributed by atoms with van der Waals surface area (Å²) in [5.74, 6) is 1.36. The third kappa shape index (κ3) is 3.37. The number of methoxy groups -OCH3 is 1. The van der Waals surface area contributed by atoms with Gasteiger partial charge in [0, 0.05) is 35.5 Å². The summed E-state index contributed by atoms with van der Waals surface area (Å²) < 4.78 is 5.36. The summed E-state index contributed by atoms with van der Waals surface area (Å²) in [5.41, 5.74) is 11.2. The highest BCUT2D eigenvalue weighted by molar-refractivity contribution is 5.93. The summed E-state index contributed by atoms with van der Waals surface area (Å²) in [6.07, 6.45) is 8.07. The second-order valence-electron chi connectivity index (χ2n) is 7.18. The van der Waals surface area contributed by atoms with Crippen LogP contribution < -0.4 is 20.7 Å². The van der Waals surface area contributed by atoms with Crippen LogP contribution in [0.1, 0.15) is 5.56 Å². The second kappa shape index (κ2) is 7.57. The Hall–Kier alpha value is -3.78. The number of nitrogens with one attached hydrogen (secondary N) is 3. The quantitative estimate of drug-likeness (QED) is 0.397. The fourth-order valence-electron chi connectivity index (χ4n) is 3.77. The molecule has 0 bridgehead atoms. The molecule has 0 amide bonds. The van der Waals surface area contributed by atoms with Crippen molar-refractivity contribution >= 4 is 33.5 Å². The summed E-state index contributed by atoms with van der Waals surface area (Å²) >= 11 is 0. The first-order valence-corrected chi connectivity index (χ1v) is 9.81. The molecule has 0 spiro atoms. The normalized spacial score (nSPS) is 16.4. The number of ether oxygens (including phenoxy) is 1. The van der Waals surface area contributed by atoms with Crippen molar-refractivity contribution in [2.24, 2.45) is 10.7 Å². The molecule has 4 aromatic rings. The summed E-state index contributed by atoms with van der Waals surface area (Å²) in [6.45, 7) is 0.738. The predicted molar refractivity (Wildman–Crippen MR) is 120 cm³/mol. The Morgan fingerprint density at radius 2 is 2.10 bits per heavy atom. The minimum Gasteiger partial charge on any atom is -0.497 e. The number of aliphatic imine (C=N–C) groups is 1. The van der Waals surface area contributed by atoms with Crippen molar-refractivity contribution in [1.29, 1.82) is 0 Å². The Balaban J connectivity index is 1.33. The van der Waals surface area contributed by atoms with Crippen LogP contribution in [0, 0.1) is 0 Å². The van der Waals surface area contributed by atoms with Crippen molar-refractivity contribution in [3.63, 3.8) is 0 Å². The van der Waals surface area contributed by atoms with Gasteiger partial charge >= 0.3 is 0 Å². The molecule has 0 aliphatic carbocycles. The first-order chi connectivity index (χ1) is 14.7. The van der Waals surface area contributed by atoms with Gasteiger partial charge in [-0.15, -0.1) is 0 Å². The number of hydrogen-bond donors (Lipinski definition) is 4. The van der Waals surface area contributed by atoms with E-state index in [2.05, 4.69) is 42.3 Å². The molecule has 152 valence electrons. The number of nitrogens with zero attached hydrogens (tertiary/aromatic N) is 3. The molecule has 1 aliphatic heterocycles. The number of nitrogens with two attached hydrogens (primary N) is 1. The molecule has 5 N–H and O–H groups in total. The number of anilines is 1. The van der Waals surface area contributed by atoms with Gasteiger partial charge in [-0.05, 0) is 54.5 Å². The lowest BCUT2D eigenvalue weighted by Gasteiger charge is -2.31. The molecule has 1 atom stereocenters. The third-order valence-corrected chi connectivity index (χ3v) is 5.34. The van der Waals surface area contributed by atoms with E-state index in [4.69, 9.17) is 10.5 Å². The van der Waals surface area contributed by atoms with E-state index in [-0.39, 0.29) is 6.29 Å². The maximum atomic E-state index is 5.97. The Labute approximate surface area is 173 Å². The molecule has 1 unspecified atom stereocenters. The topological polar surface area (TPSA) is 107 Å². The molecule has 3 heterocycles. The maximum absolute atomic E-state index is 5.97. The van der Waals surface area contributed by atoms with E-state index >= 15 is 0 Å². The zero-order chi connectivity index (χ0) is 20.5. The Kier molecular flexibility index (Phi) is 4.61. The van der Waals surface area contributed by atoms with Gasteiger partial charge < -0.3 is 25.3 Å². The largest absolute Gasteiger partial charge is 0.497 e. The van der Waals surface area contributed by atoms with Gasteiger partial charge in [0.2, 0.25) is 0 Å². The number of amidine groups is 1. The van der Waals surface area contributed by atoms with E-state index in [9.17, 15) is 0 Å². The number of aromatic nitrogens is 3. The second-order valence-corrected chi connectivity index (χ2v) is 7.18. The molecule has 2 aromatic carbocycles. The van der Waals surface area contributed by atoms with Gasteiger partial charge in [-0.3, -0.25) is 5.32 Å². The van der Waals surface area contributed by atoms with Crippen LogP contribution in [-0.4, -0.2) is 40.7 Å². The highest BCUT2D eigenvalue weighted by Crippen LogP contribution is 2.25. The van der Waals surface area contributed by atoms with Gasteiger partial charge in [0.05, 0.1) is 24.5 Å². The van der Waals surface area contributed by atoms with Crippen molar-refractivity contribution < 1.29 is 4.74 Å². The minimum atomic E-state index is -0.282. The molecule has 8 heteroatoms. The Morgan fingerprint density at radius 1 is 1.17 bits per heavy atom. The number of fused-ring (bicyclic) bond motifs is 2. The number of aromatic amines is 2. The van der Waals surface area contributed by atoms with Gasteiger partial charge in [0.25, 0.3) is 0 Å². The lowest BCUT2D eigenvalue weighted by molar-refractivity contribution is 0.415. The Morgan fingerprint density at radius 3 is 3.00 bits per heavy atom. The van der Waals surface area contributed by atoms with Crippen molar-refractivity contribution in [3.8, 4) is 5.75 Å². The van der Waals surface area contributed by atoms with Crippen LogP contribution in [0.15, 0.2) is 66.2 Å². The van der Waals surface area contributed by atoms with E-state index < -0.39 is 0 Å². The van der Waals surface area contributed by atoms with E-state index in [1.807, 2.05) is 36.7 Å². The predicted octanol–water partition coefficient (Wildman–Crippen LogP) is 2.86. The zero-order valence-corrected chi connectivity index (χ0v) is 16.6. The highest BCUT2D eigenvalue weighted by atomic mass is 16.5. The molecule has 8 nitrogen and oxygen atoms in total. The molecule has 0 fully saturated rings. The molecule has 0 radical (unpaired) electrons. The zero-order valence-electron chi connectivity index (χ0n) is 16.6. The minimum absolute atomic E-state index is 0.282. The van der Waals surface area contributed by atoms with Crippen LogP contribution in [0.5, 0.6) is 5.75 Å². The maximum Gasteiger partial charge on any atom is 0.182 e. The number of hydrogen-bond acceptors (Lipinski definition) is 6. The van der Waals surface area contributed by atoms with Crippen LogP contribution >= 0.6 is 0 Å².